The molecule has 7 atom stereocenters. The molecule has 0 bridgehead atoms. The molecule has 1 aliphatic heterocycles. The van der Waals surface area contributed by atoms with Gasteiger partial charge in [-0.2, -0.15) is 0 Å². The van der Waals surface area contributed by atoms with Gasteiger partial charge in [0.05, 0.1) is 25.4 Å². The fourth-order valence-corrected chi connectivity index (χ4v) is 7.21. The molecule has 4 fully saturated rings. The van der Waals surface area contributed by atoms with Crippen molar-refractivity contribution in [1.29, 1.82) is 0 Å². The van der Waals surface area contributed by atoms with Gasteiger partial charge in [0, 0.05) is 25.6 Å². The van der Waals surface area contributed by atoms with Crippen molar-refractivity contribution >= 4 is 0 Å². The van der Waals surface area contributed by atoms with Crippen LogP contribution in [0.1, 0.15) is 65.7 Å². The van der Waals surface area contributed by atoms with Gasteiger partial charge >= 0.3 is 0 Å². The monoisotopic (exact) mass is 429 g/mol. The average Bonchev–Trinajstić information content (AvgIpc) is 3.09. The van der Waals surface area contributed by atoms with Crippen LogP contribution in [0.5, 0.6) is 0 Å². The van der Waals surface area contributed by atoms with Crippen molar-refractivity contribution in [3.8, 4) is 0 Å². The Morgan fingerprint density at radius 3 is 2.87 bits per heavy atom. The third-order valence-corrected chi connectivity index (χ3v) is 9.02. The second-order valence-corrected chi connectivity index (χ2v) is 11.1. The summed E-state index contributed by atoms with van der Waals surface area (Å²) in [6.45, 7) is 15.4. The second kappa shape index (κ2) is 9.51. The number of hydrogen-bond donors (Lipinski definition) is 2. The minimum atomic E-state index is -0.607. The van der Waals surface area contributed by atoms with Crippen LogP contribution in [0.25, 0.3) is 0 Å². The van der Waals surface area contributed by atoms with Crippen molar-refractivity contribution in [2.75, 3.05) is 26.3 Å². The van der Waals surface area contributed by atoms with Gasteiger partial charge in [-0.3, -0.25) is 4.90 Å². The van der Waals surface area contributed by atoms with Crippen LogP contribution >= 0.6 is 0 Å². The first-order valence-corrected chi connectivity index (χ1v) is 12.6. The van der Waals surface area contributed by atoms with Gasteiger partial charge in [0.15, 0.2) is 0 Å². The predicted molar refractivity (Wildman–Crippen MR) is 126 cm³/mol. The number of morpholine rings is 1. The fourth-order valence-electron chi connectivity index (χ4n) is 7.21. The van der Waals surface area contributed by atoms with Gasteiger partial charge in [0.1, 0.15) is 0 Å². The zero-order valence-electron chi connectivity index (χ0n) is 19.9. The molecule has 3 aliphatic carbocycles. The summed E-state index contributed by atoms with van der Waals surface area (Å²) in [6.07, 6.45) is 10.9. The smallest absolute Gasteiger partial charge is 0.0811 e. The molecule has 0 aromatic carbocycles. The molecule has 1 saturated heterocycles. The number of ether oxygens (including phenoxy) is 1. The zero-order valence-corrected chi connectivity index (χ0v) is 19.9. The van der Waals surface area contributed by atoms with E-state index in [1.54, 1.807) is 5.57 Å². The summed E-state index contributed by atoms with van der Waals surface area (Å²) in [5.74, 6) is 2.15. The maximum absolute atomic E-state index is 10.2. The van der Waals surface area contributed by atoms with Gasteiger partial charge in [0.2, 0.25) is 0 Å². The summed E-state index contributed by atoms with van der Waals surface area (Å²) in [5.41, 5.74) is 3.78. The average molecular weight is 430 g/mol. The van der Waals surface area contributed by atoms with Gasteiger partial charge in [0.25, 0.3) is 0 Å². The Bertz CT molecular complexity index is 728. The maximum atomic E-state index is 10.2. The highest BCUT2D eigenvalue weighted by Gasteiger charge is 2.50. The van der Waals surface area contributed by atoms with Gasteiger partial charge < -0.3 is 14.9 Å². The van der Waals surface area contributed by atoms with Crippen molar-refractivity contribution in [2.24, 2.45) is 23.2 Å². The van der Waals surface area contributed by atoms with Crippen LogP contribution < -0.4 is 0 Å². The first-order valence-electron chi connectivity index (χ1n) is 12.6. The number of rotatable bonds is 4. The number of allylic oxidation sites excluding steroid dienone is 3. The van der Waals surface area contributed by atoms with E-state index in [2.05, 4.69) is 44.4 Å². The molecule has 2 N–H and O–H groups in total. The first kappa shape index (κ1) is 23.2. The molecule has 4 aliphatic rings. The van der Waals surface area contributed by atoms with Crippen LogP contribution in [0.3, 0.4) is 0 Å². The Morgan fingerprint density at radius 1 is 1.29 bits per heavy atom. The van der Waals surface area contributed by atoms with Gasteiger partial charge in [-0.25, -0.2) is 0 Å². The minimum absolute atomic E-state index is 0.389. The van der Waals surface area contributed by atoms with E-state index < -0.39 is 12.2 Å². The van der Waals surface area contributed by atoms with Crippen LogP contribution in [0.4, 0.5) is 0 Å². The Morgan fingerprint density at radius 2 is 2.10 bits per heavy atom. The number of nitrogens with zero attached hydrogens (tertiary/aromatic N) is 1. The molecule has 0 spiro atoms. The van der Waals surface area contributed by atoms with Crippen LogP contribution in [0, 0.1) is 23.2 Å². The molecule has 4 heteroatoms. The molecular weight excluding hydrogens is 386 g/mol. The van der Waals surface area contributed by atoms with Crippen molar-refractivity contribution in [3.63, 3.8) is 0 Å². The Labute approximate surface area is 189 Å². The maximum Gasteiger partial charge on any atom is 0.0811 e. The highest BCUT2D eigenvalue weighted by molar-refractivity contribution is 5.38. The number of aliphatic hydroxyl groups excluding tert-OH is 2. The lowest BCUT2D eigenvalue weighted by Crippen LogP contribution is -2.47. The van der Waals surface area contributed by atoms with Crippen LogP contribution in [0.2, 0.25) is 0 Å². The predicted octanol–water partition coefficient (Wildman–Crippen LogP) is 4.48. The normalized spacial score (nSPS) is 43.4. The molecule has 31 heavy (non-hydrogen) atoms. The topological polar surface area (TPSA) is 52.9 Å². The molecule has 3 saturated carbocycles. The SMILES string of the molecule is C=C1/C(=C\C=C2/CCC[C@]3(C)[C@@H]([C@H](C)CN4CCOC[C@@H]4C)CC[C@@H]23)C[C@@H](O)C[C@H]1O. The number of aliphatic hydroxyl groups is 2. The third kappa shape index (κ3) is 4.73. The molecule has 174 valence electrons. The van der Waals surface area contributed by atoms with Crippen molar-refractivity contribution in [1.82, 2.24) is 4.90 Å². The van der Waals surface area contributed by atoms with Crippen molar-refractivity contribution in [3.05, 3.63) is 35.5 Å². The fraction of sp³-hybridized carbons (Fsp3) is 0.778. The first-order chi connectivity index (χ1) is 14.8. The third-order valence-electron chi connectivity index (χ3n) is 9.02. The number of fused-ring (bicyclic) bond motifs is 1. The van der Waals surface area contributed by atoms with E-state index in [9.17, 15) is 10.2 Å². The van der Waals surface area contributed by atoms with E-state index >= 15 is 0 Å². The number of hydrogen-bond acceptors (Lipinski definition) is 4. The van der Waals surface area contributed by atoms with Crippen molar-refractivity contribution < 1.29 is 14.9 Å². The van der Waals surface area contributed by atoms with Gasteiger partial charge in [-0.15, -0.1) is 0 Å². The molecule has 4 rings (SSSR count). The lowest BCUT2D eigenvalue weighted by atomic mass is 9.61. The lowest BCUT2D eigenvalue weighted by molar-refractivity contribution is -0.0176. The summed E-state index contributed by atoms with van der Waals surface area (Å²) >= 11 is 0. The van der Waals surface area contributed by atoms with E-state index in [-0.39, 0.29) is 0 Å². The second-order valence-electron chi connectivity index (χ2n) is 11.1. The van der Waals surface area contributed by atoms with E-state index in [1.807, 2.05) is 0 Å². The zero-order chi connectivity index (χ0) is 22.2. The molecule has 0 amide bonds. The quantitative estimate of drug-likeness (QED) is 0.692. The summed E-state index contributed by atoms with van der Waals surface area (Å²) in [4.78, 5) is 2.64. The Hall–Kier alpha value is -0.940. The van der Waals surface area contributed by atoms with E-state index in [4.69, 9.17) is 4.74 Å². The van der Waals surface area contributed by atoms with Gasteiger partial charge in [-0.05, 0) is 79.8 Å². The molecular formula is C27H43NO3. The minimum Gasteiger partial charge on any atom is -0.393 e. The highest BCUT2D eigenvalue weighted by Crippen LogP contribution is 2.59. The van der Waals surface area contributed by atoms with Crippen LogP contribution in [-0.4, -0.2) is 59.7 Å². The van der Waals surface area contributed by atoms with E-state index in [0.717, 1.165) is 36.8 Å². The van der Waals surface area contributed by atoms with Crippen molar-refractivity contribution in [2.45, 2.75) is 84.0 Å². The lowest BCUT2D eigenvalue weighted by Gasteiger charge is -2.46. The molecule has 0 aromatic heterocycles. The summed E-state index contributed by atoms with van der Waals surface area (Å²) in [5, 5.41) is 20.2. The van der Waals surface area contributed by atoms with Crippen LogP contribution in [0.15, 0.2) is 35.5 Å². The summed E-state index contributed by atoms with van der Waals surface area (Å²) < 4.78 is 5.64. The Kier molecular flexibility index (Phi) is 7.12. The molecule has 4 nitrogen and oxygen atoms in total. The van der Waals surface area contributed by atoms with E-state index in [1.165, 1.54) is 38.6 Å². The Balaban J connectivity index is 1.48. The standard InChI is InChI=1S/C27H43NO3/c1-18(16-28-12-13-31-17-19(28)2)24-9-10-25-21(6-5-11-27(24,25)4)7-8-22-14-23(29)15-26(30)20(22)3/h7-8,18-19,23-26,29-30H,3,5-6,9-17H2,1-2,4H3/b21-7+,22-8-/t18-,19+,23-,24-,25+,26-,27-/m1/s1. The van der Waals surface area contributed by atoms with Gasteiger partial charge in [-0.1, -0.05) is 38.2 Å². The van der Waals surface area contributed by atoms with Crippen LogP contribution in [-0.2, 0) is 4.74 Å². The van der Waals surface area contributed by atoms with E-state index in [0.29, 0.717) is 36.1 Å². The molecule has 1 heterocycles. The molecule has 0 aromatic rings. The summed E-state index contributed by atoms with van der Waals surface area (Å²) in [7, 11) is 0. The molecule has 0 unspecified atom stereocenters. The largest absolute Gasteiger partial charge is 0.393 e. The summed E-state index contributed by atoms with van der Waals surface area (Å²) in [6, 6.07) is 0.531. The highest BCUT2D eigenvalue weighted by atomic mass is 16.5. The molecule has 0 radical (unpaired) electrons.